The molecule has 1 aliphatic carbocycles. The van der Waals surface area contributed by atoms with E-state index < -0.39 is 5.97 Å². The summed E-state index contributed by atoms with van der Waals surface area (Å²) in [7, 11) is 0. The first-order chi connectivity index (χ1) is 10.6. The van der Waals surface area contributed by atoms with E-state index in [4.69, 9.17) is 5.11 Å². The van der Waals surface area contributed by atoms with Crippen molar-refractivity contribution in [1.82, 2.24) is 9.80 Å². The van der Waals surface area contributed by atoms with Gasteiger partial charge in [-0.2, -0.15) is 0 Å². The van der Waals surface area contributed by atoms with E-state index in [1.54, 1.807) is 0 Å². The highest BCUT2D eigenvalue weighted by atomic mass is 16.4. The van der Waals surface area contributed by atoms with Crippen LogP contribution in [0.4, 0.5) is 0 Å². The molecule has 1 amide bonds. The van der Waals surface area contributed by atoms with Gasteiger partial charge in [-0.25, -0.2) is 0 Å². The molecule has 0 spiro atoms. The van der Waals surface area contributed by atoms with E-state index in [9.17, 15) is 9.59 Å². The van der Waals surface area contributed by atoms with Gasteiger partial charge in [0.15, 0.2) is 0 Å². The molecule has 0 radical (unpaired) electrons. The van der Waals surface area contributed by atoms with Crippen LogP contribution in [0.3, 0.4) is 0 Å². The third kappa shape index (κ3) is 4.00. The monoisotopic (exact) mass is 308 g/mol. The van der Waals surface area contributed by atoms with Crippen LogP contribution in [0, 0.1) is 11.3 Å². The lowest BCUT2D eigenvalue weighted by Crippen LogP contribution is -2.44. The predicted molar refractivity (Wildman–Crippen MR) is 83.5 cm³/mol. The van der Waals surface area contributed by atoms with Gasteiger partial charge in [0.25, 0.3) is 0 Å². The van der Waals surface area contributed by atoms with Crippen LogP contribution in [0.2, 0.25) is 0 Å². The lowest BCUT2D eigenvalue weighted by atomic mass is 9.93. The van der Waals surface area contributed by atoms with E-state index in [-0.39, 0.29) is 5.41 Å². The minimum absolute atomic E-state index is 0.0709. The smallest absolute Gasteiger partial charge is 0.303 e. The van der Waals surface area contributed by atoms with Crippen molar-refractivity contribution in [3.05, 3.63) is 0 Å². The van der Waals surface area contributed by atoms with Gasteiger partial charge in [0, 0.05) is 26.1 Å². The van der Waals surface area contributed by atoms with Crippen LogP contribution >= 0.6 is 0 Å². The van der Waals surface area contributed by atoms with E-state index in [1.807, 2.05) is 0 Å². The van der Waals surface area contributed by atoms with Crippen LogP contribution in [0.15, 0.2) is 0 Å². The van der Waals surface area contributed by atoms with Crippen LogP contribution in [-0.4, -0.2) is 59.5 Å². The van der Waals surface area contributed by atoms with E-state index >= 15 is 0 Å². The summed E-state index contributed by atoms with van der Waals surface area (Å²) in [5.74, 6) is 0.316. The third-order valence-corrected chi connectivity index (χ3v) is 5.65. The summed E-state index contributed by atoms with van der Waals surface area (Å²) in [5.41, 5.74) is 0.0709. The fourth-order valence-electron chi connectivity index (χ4n) is 4.06. The molecular weight excluding hydrogens is 280 g/mol. The van der Waals surface area contributed by atoms with Crippen molar-refractivity contribution in [2.75, 3.05) is 32.7 Å². The highest BCUT2D eigenvalue weighted by molar-refractivity contribution is 5.76. The molecule has 5 nitrogen and oxygen atoms in total. The maximum Gasteiger partial charge on any atom is 0.303 e. The summed E-state index contributed by atoms with van der Waals surface area (Å²) in [6.45, 7) is 4.96. The molecule has 3 aliphatic rings. The van der Waals surface area contributed by atoms with E-state index in [0.717, 1.165) is 77.7 Å². The number of hydrogen-bond donors (Lipinski definition) is 1. The number of nitrogens with zero attached hydrogens (tertiary/aromatic N) is 2. The summed E-state index contributed by atoms with van der Waals surface area (Å²) >= 11 is 0. The van der Waals surface area contributed by atoms with Crippen LogP contribution in [-0.2, 0) is 9.59 Å². The molecule has 0 atom stereocenters. The predicted octanol–water partition coefficient (Wildman–Crippen LogP) is 1.97. The van der Waals surface area contributed by atoms with E-state index in [0.29, 0.717) is 18.2 Å². The molecule has 2 aliphatic heterocycles. The zero-order chi connectivity index (χ0) is 15.6. The van der Waals surface area contributed by atoms with Gasteiger partial charge in [0.2, 0.25) is 5.91 Å². The number of aliphatic carboxylic acids is 1. The van der Waals surface area contributed by atoms with Crippen LogP contribution < -0.4 is 0 Å². The number of amides is 1. The van der Waals surface area contributed by atoms with Gasteiger partial charge in [0.1, 0.15) is 0 Å². The molecule has 0 unspecified atom stereocenters. The Bertz CT molecular complexity index is 426. The molecule has 3 fully saturated rings. The Kier molecular flexibility index (Phi) is 4.71. The lowest BCUT2D eigenvalue weighted by Gasteiger charge is -2.37. The van der Waals surface area contributed by atoms with Gasteiger partial charge in [-0.15, -0.1) is 0 Å². The maximum atomic E-state index is 11.9. The quantitative estimate of drug-likeness (QED) is 0.815. The second-order valence-electron chi connectivity index (χ2n) is 7.59. The number of rotatable bonds is 6. The molecule has 1 saturated carbocycles. The molecule has 0 aromatic rings. The zero-order valence-electron chi connectivity index (χ0n) is 13.4. The normalized spacial score (nSPS) is 26.2. The molecule has 22 heavy (non-hydrogen) atoms. The number of hydrogen-bond acceptors (Lipinski definition) is 3. The Morgan fingerprint density at radius 3 is 2.50 bits per heavy atom. The first-order valence-electron chi connectivity index (χ1n) is 8.78. The SMILES string of the molecule is O=C(O)CC1(CN2CCC(CN3CCCCC3=O)CC2)CC1. The minimum Gasteiger partial charge on any atom is -0.481 e. The molecule has 5 heteroatoms. The summed E-state index contributed by atoms with van der Waals surface area (Å²) in [6, 6.07) is 0. The minimum atomic E-state index is -0.656. The first-order valence-corrected chi connectivity index (χ1v) is 8.78. The Labute approximate surface area is 132 Å². The fraction of sp³-hybridized carbons (Fsp3) is 0.882. The van der Waals surface area contributed by atoms with Gasteiger partial charge in [0.05, 0.1) is 6.42 Å². The molecule has 0 bridgehead atoms. The number of likely N-dealkylation sites (tertiary alicyclic amines) is 2. The number of piperidine rings is 2. The number of carboxylic acid groups (broad SMARTS) is 1. The van der Waals surface area contributed by atoms with Gasteiger partial charge >= 0.3 is 5.97 Å². The number of carbonyl (C=O) groups is 2. The molecular formula is C17H28N2O3. The maximum absolute atomic E-state index is 11.9. The average molecular weight is 308 g/mol. The first kappa shape index (κ1) is 15.8. The average Bonchev–Trinajstić information content (AvgIpc) is 3.22. The van der Waals surface area contributed by atoms with Gasteiger partial charge in [-0.05, 0) is 62.9 Å². The Morgan fingerprint density at radius 2 is 1.91 bits per heavy atom. The van der Waals surface area contributed by atoms with Crippen molar-refractivity contribution in [1.29, 1.82) is 0 Å². The summed E-state index contributed by atoms with van der Waals surface area (Å²) in [5, 5.41) is 9.01. The summed E-state index contributed by atoms with van der Waals surface area (Å²) in [6.07, 6.45) is 7.70. The highest BCUT2D eigenvalue weighted by Crippen LogP contribution is 2.49. The second kappa shape index (κ2) is 6.57. The Hall–Kier alpha value is -1.10. The Morgan fingerprint density at radius 1 is 1.18 bits per heavy atom. The van der Waals surface area contributed by atoms with Gasteiger partial charge in [-0.1, -0.05) is 0 Å². The molecule has 1 N–H and O–H groups in total. The number of carboxylic acids is 1. The van der Waals surface area contributed by atoms with Crippen molar-refractivity contribution in [2.45, 2.75) is 51.4 Å². The van der Waals surface area contributed by atoms with Gasteiger partial charge in [-0.3, -0.25) is 9.59 Å². The molecule has 0 aromatic heterocycles. The standard InChI is InChI=1S/C17H28N2O3/c20-15-3-1-2-8-19(15)12-14-4-9-18(10-5-14)13-17(6-7-17)11-16(21)22/h14H,1-13H2,(H,21,22). The summed E-state index contributed by atoms with van der Waals surface area (Å²) in [4.78, 5) is 27.4. The highest BCUT2D eigenvalue weighted by Gasteiger charge is 2.45. The third-order valence-electron chi connectivity index (χ3n) is 5.65. The van der Waals surface area contributed by atoms with Crippen molar-refractivity contribution >= 4 is 11.9 Å². The number of carbonyl (C=O) groups excluding carboxylic acids is 1. The molecule has 3 rings (SSSR count). The molecule has 0 aromatic carbocycles. The van der Waals surface area contributed by atoms with Crippen molar-refractivity contribution in [3.63, 3.8) is 0 Å². The van der Waals surface area contributed by atoms with Crippen LogP contribution in [0.1, 0.15) is 51.4 Å². The largest absolute Gasteiger partial charge is 0.481 e. The lowest BCUT2D eigenvalue weighted by molar-refractivity contribution is -0.138. The van der Waals surface area contributed by atoms with Crippen molar-refractivity contribution in [2.24, 2.45) is 11.3 Å². The molecule has 2 heterocycles. The van der Waals surface area contributed by atoms with E-state index in [1.165, 1.54) is 0 Å². The topological polar surface area (TPSA) is 60.9 Å². The Balaban J connectivity index is 1.41. The summed E-state index contributed by atoms with van der Waals surface area (Å²) < 4.78 is 0. The fourth-order valence-corrected chi connectivity index (χ4v) is 4.06. The zero-order valence-corrected chi connectivity index (χ0v) is 13.4. The van der Waals surface area contributed by atoms with E-state index in [2.05, 4.69) is 9.80 Å². The van der Waals surface area contributed by atoms with Crippen LogP contribution in [0.5, 0.6) is 0 Å². The van der Waals surface area contributed by atoms with Crippen molar-refractivity contribution < 1.29 is 14.7 Å². The second-order valence-corrected chi connectivity index (χ2v) is 7.59. The molecule has 124 valence electrons. The molecule has 2 saturated heterocycles. The van der Waals surface area contributed by atoms with Crippen molar-refractivity contribution in [3.8, 4) is 0 Å². The van der Waals surface area contributed by atoms with Gasteiger partial charge < -0.3 is 14.9 Å². The van der Waals surface area contributed by atoms with Crippen LogP contribution in [0.25, 0.3) is 0 Å².